The fourth-order valence-electron chi connectivity index (χ4n) is 2.72. The number of likely N-dealkylation sites (N-methyl/N-ethyl adjacent to an activating group) is 1. The Morgan fingerprint density at radius 1 is 1.30 bits per heavy atom. The summed E-state index contributed by atoms with van der Waals surface area (Å²) < 4.78 is 7.82. The van der Waals surface area contributed by atoms with Crippen molar-refractivity contribution in [3.8, 4) is 0 Å². The van der Waals surface area contributed by atoms with Gasteiger partial charge in [-0.25, -0.2) is 0 Å². The zero-order valence-electron chi connectivity index (χ0n) is 13.8. The van der Waals surface area contributed by atoms with Crippen LogP contribution in [0.3, 0.4) is 0 Å². The van der Waals surface area contributed by atoms with E-state index in [2.05, 4.69) is 48.9 Å². The first-order valence-electron chi connectivity index (χ1n) is 8.01. The van der Waals surface area contributed by atoms with Crippen molar-refractivity contribution < 1.29 is 4.74 Å². The van der Waals surface area contributed by atoms with E-state index in [1.807, 2.05) is 7.11 Å². The van der Waals surface area contributed by atoms with Gasteiger partial charge in [0.25, 0.3) is 0 Å². The summed E-state index contributed by atoms with van der Waals surface area (Å²) in [5.74, 6) is 0. The van der Waals surface area contributed by atoms with Gasteiger partial charge in [0, 0.05) is 31.8 Å². The summed E-state index contributed by atoms with van der Waals surface area (Å²) >= 11 is 0. The molecule has 0 aliphatic heterocycles. The van der Waals surface area contributed by atoms with Crippen LogP contribution in [-0.2, 0) is 24.1 Å². The van der Waals surface area contributed by atoms with Crippen LogP contribution in [0.25, 0.3) is 0 Å². The Labute approximate surface area is 123 Å². The minimum Gasteiger partial charge on any atom is -0.380 e. The summed E-state index contributed by atoms with van der Waals surface area (Å²) in [7, 11) is 1.82. The van der Waals surface area contributed by atoms with E-state index >= 15 is 0 Å². The molecule has 20 heavy (non-hydrogen) atoms. The van der Waals surface area contributed by atoms with Crippen LogP contribution in [0.15, 0.2) is 6.07 Å². The molecule has 0 aromatic carbocycles. The van der Waals surface area contributed by atoms with E-state index in [0.29, 0.717) is 6.04 Å². The molecule has 0 saturated carbocycles. The largest absolute Gasteiger partial charge is 0.380 e. The molecule has 1 aromatic heterocycles. The van der Waals surface area contributed by atoms with Crippen LogP contribution in [0, 0.1) is 0 Å². The van der Waals surface area contributed by atoms with Crippen molar-refractivity contribution in [3.05, 3.63) is 17.5 Å². The Morgan fingerprint density at radius 2 is 2.05 bits per heavy atom. The first-order valence-corrected chi connectivity index (χ1v) is 8.01. The average molecular weight is 281 g/mol. The lowest BCUT2D eigenvalue weighted by molar-refractivity contribution is 0.0608. The first kappa shape index (κ1) is 17.2. The number of nitrogens with zero attached hydrogens (tertiary/aromatic N) is 2. The number of hydrogen-bond acceptors (Lipinski definition) is 3. The second-order valence-corrected chi connectivity index (χ2v) is 5.23. The third-order valence-corrected chi connectivity index (χ3v) is 3.80. The molecule has 1 rings (SSSR count). The molecule has 0 spiro atoms. The van der Waals surface area contributed by atoms with Crippen LogP contribution in [0.1, 0.15) is 51.9 Å². The molecule has 4 heteroatoms. The molecule has 0 radical (unpaired) electrons. The topological polar surface area (TPSA) is 39.1 Å². The SMILES string of the molecule is CCCC(OC)C(Cc1cc(CC)nn1CC)NCC. The van der Waals surface area contributed by atoms with E-state index in [1.165, 1.54) is 11.4 Å². The predicted molar refractivity (Wildman–Crippen MR) is 84.2 cm³/mol. The minimum atomic E-state index is 0.269. The highest BCUT2D eigenvalue weighted by atomic mass is 16.5. The molecule has 2 unspecified atom stereocenters. The Bertz CT molecular complexity index is 376. The van der Waals surface area contributed by atoms with Crippen LogP contribution < -0.4 is 5.32 Å². The number of aryl methyl sites for hydroxylation is 2. The molecule has 4 nitrogen and oxygen atoms in total. The second-order valence-electron chi connectivity index (χ2n) is 5.23. The highest BCUT2D eigenvalue weighted by Crippen LogP contribution is 2.14. The molecule has 0 amide bonds. The number of aromatic nitrogens is 2. The van der Waals surface area contributed by atoms with Gasteiger partial charge in [-0.2, -0.15) is 5.10 Å². The highest BCUT2D eigenvalue weighted by Gasteiger charge is 2.22. The molecule has 2 atom stereocenters. The normalized spacial score (nSPS) is 14.4. The lowest BCUT2D eigenvalue weighted by Gasteiger charge is -2.26. The van der Waals surface area contributed by atoms with Crippen molar-refractivity contribution in [1.29, 1.82) is 0 Å². The van der Waals surface area contributed by atoms with Crippen molar-refractivity contribution in [2.75, 3.05) is 13.7 Å². The third kappa shape index (κ3) is 4.60. The lowest BCUT2D eigenvalue weighted by Crippen LogP contribution is -2.43. The van der Waals surface area contributed by atoms with Gasteiger partial charge in [0.05, 0.1) is 11.8 Å². The van der Waals surface area contributed by atoms with Crippen molar-refractivity contribution in [2.45, 2.75) is 72.1 Å². The second kappa shape index (κ2) is 9.14. The number of ether oxygens (including phenoxy) is 1. The van der Waals surface area contributed by atoms with Gasteiger partial charge in [-0.1, -0.05) is 27.2 Å². The third-order valence-electron chi connectivity index (χ3n) is 3.80. The zero-order valence-corrected chi connectivity index (χ0v) is 13.8. The summed E-state index contributed by atoms with van der Waals surface area (Å²) in [4.78, 5) is 0. The molecule has 1 heterocycles. The predicted octanol–water partition coefficient (Wildman–Crippen LogP) is 2.80. The Balaban J connectivity index is 2.85. The fourth-order valence-corrected chi connectivity index (χ4v) is 2.72. The van der Waals surface area contributed by atoms with Crippen LogP contribution in [0.4, 0.5) is 0 Å². The molecule has 0 aliphatic carbocycles. The maximum atomic E-state index is 5.69. The first-order chi connectivity index (χ1) is 9.69. The minimum absolute atomic E-state index is 0.269. The van der Waals surface area contributed by atoms with Gasteiger partial charge in [0.1, 0.15) is 0 Å². The van der Waals surface area contributed by atoms with E-state index in [9.17, 15) is 0 Å². The summed E-state index contributed by atoms with van der Waals surface area (Å²) in [5.41, 5.74) is 2.50. The van der Waals surface area contributed by atoms with Gasteiger partial charge in [0.2, 0.25) is 0 Å². The Hall–Kier alpha value is -0.870. The summed E-state index contributed by atoms with van der Waals surface area (Å²) in [5, 5.41) is 8.22. The number of methoxy groups -OCH3 is 1. The fraction of sp³-hybridized carbons (Fsp3) is 0.812. The summed E-state index contributed by atoms with van der Waals surface area (Å²) in [6.07, 6.45) is 4.48. The van der Waals surface area contributed by atoms with E-state index in [-0.39, 0.29) is 6.10 Å². The molecule has 0 bridgehead atoms. The monoisotopic (exact) mass is 281 g/mol. The number of hydrogen-bond donors (Lipinski definition) is 1. The van der Waals surface area contributed by atoms with E-state index in [1.54, 1.807) is 0 Å². The van der Waals surface area contributed by atoms with Gasteiger partial charge >= 0.3 is 0 Å². The molecule has 1 aromatic rings. The van der Waals surface area contributed by atoms with Crippen LogP contribution >= 0.6 is 0 Å². The van der Waals surface area contributed by atoms with Gasteiger partial charge in [-0.3, -0.25) is 4.68 Å². The van der Waals surface area contributed by atoms with Gasteiger partial charge in [-0.15, -0.1) is 0 Å². The lowest BCUT2D eigenvalue weighted by atomic mass is 10.0. The van der Waals surface area contributed by atoms with Gasteiger partial charge < -0.3 is 10.1 Å². The van der Waals surface area contributed by atoms with Gasteiger partial charge in [0.15, 0.2) is 0 Å². The zero-order chi connectivity index (χ0) is 15.0. The quantitative estimate of drug-likeness (QED) is 0.717. The Morgan fingerprint density at radius 3 is 2.55 bits per heavy atom. The van der Waals surface area contributed by atoms with E-state index in [0.717, 1.165) is 38.8 Å². The van der Waals surface area contributed by atoms with E-state index in [4.69, 9.17) is 4.74 Å². The molecule has 0 fully saturated rings. The smallest absolute Gasteiger partial charge is 0.0728 e. The maximum Gasteiger partial charge on any atom is 0.0728 e. The van der Waals surface area contributed by atoms with Crippen LogP contribution in [0.5, 0.6) is 0 Å². The Kier molecular flexibility index (Phi) is 7.85. The number of rotatable bonds is 10. The molecule has 0 aliphatic rings. The average Bonchev–Trinajstić information content (AvgIpc) is 2.86. The van der Waals surface area contributed by atoms with Crippen molar-refractivity contribution in [2.24, 2.45) is 0 Å². The molecule has 116 valence electrons. The molecular weight excluding hydrogens is 250 g/mol. The maximum absolute atomic E-state index is 5.69. The van der Waals surface area contributed by atoms with Gasteiger partial charge in [-0.05, 0) is 32.4 Å². The molecule has 1 N–H and O–H groups in total. The summed E-state index contributed by atoms with van der Waals surface area (Å²) in [6, 6.07) is 2.60. The van der Waals surface area contributed by atoms with Crippen LogP contribution in [0.2, 0.25) is 0 Å². The molecule has 0 saturated heterocycles. The molecular formula is C16H31N3O. The van der Waals surface area contributed by atoms with Crippen molar-refractivity contribution in [1.82, 2.24) is 15.1 Å². The standard InChI is InChI=1S/C16H31N3O/c1-6-10-16(20-5)15(17-8-3)12-14-11-13(7-2)18-19(14)9-4/h11,15-17H,6-10,12H2,1-5H3. The van der Waals surface area contributed by atoms with E-state index < -0.39 is 0 Å². The van der Waals surface area contributed by atoms with Crippen LogP contribution in [-0.4, -0.2) is 35.6 Å². The van der Waals surface area contributed by atoms with Crippen molar-refractivity contribution >= 4 is 0 Å². The number of nitrogens with one attached hydrogen (secondary N) is 1. The highest BCUT2D eigenvalue weighted by molar-refractivity contribution is 5.12. The van der Waals surface area contributed by atoms with Crippen molar-refractivity contribution in [3.63, 3.8) is 0 Å². The summed E-state index contributed by atoms with van der Waals surface area (Å²) in [6.45, 7) is 10.6.